The monoisotopic (exact) mass is 298 g/mol. The van der Waals surface area contributed by atoms with Crippen molar-refractivity contribution in [3.8, 4) is 0 Å². The molecule has 1 aliphatic heterocycles. The minimum atomic E-state index is -4.45. The quantitative estimate of drug-likeness (QED) is 0.843. The highest BCUT2D eigenvalue weighted by Gasteiger charge is 2.46. The van der Waals surface area contributed by atoms with Gasteiger partial charge in [0, 0.05) is 13.1 Å². The lowest BCUT2D eigenvalue weighted by Gasteiger charge is -2.37. The number of halogens is 3. The number of hydrogen-bond acceptors (Lipinski definition) is 4. The molecule has 1 fully saturated rings. The second-order valence-corrected chi connectivity index (χ2v) is 5.72. The highest BCUT2D eigenvalue weighted by atomic mass is 19.4. The van der Waals surface area contributed by atoms with Gasteiger partial charge in [0.05, 0.1) is 25.2 Å². The van der Waals surface area contributed by atoms with E-state index in [0.717, 1.165) is 0 Å². The Hall–Kier alpha value is -1.02. The van der Waals surface area contributed by atoms with Gasteiger partial charge in [0.1, 0.15) is 5.60 Å². The van der Waals surface area contributed by atoms with Crippen molar-refractivity contribution in [1.29, 1.82) is 0 Å². The van der Waals surface area contributed by atoms with Gasteiger partial charge < -0.3 is 20.1 Å². The zero-order valence-corrected chi connectivity index (χ0v) is 11.9. The fraction of sp³-hybridized carbons (Fsp3) is 0.917. The maximum atomic E-state index is 12.8. The van der Waals surface area contributed by atoms with E-state index in [4.69, 9.17) is 15.2 Å². The largest absolute Gasteiger partial charge is 0.444 e. The Morgan fingerprint density at radius 2 is 2.05 bits per heavy atom. The predicted octanol–water partition coefficient (Wildman–Crippen LogP) is 1.76. The normalized spacial score (nSPS) is 22.6. The number of carbonyl (C=O) groups is 1. The molecule has 0 aromatic carbocycles. The lowest BCUT2D eigenvalue weighted by molar-refractivity contribution is -0.212. The van der Waals surface area contributed by atoms with Crippen molar-refractivity contribution >= 4 is 6.09 Å². The summed E-state index contributed by atoms with van der Waals surface area (Å²) in [5, 5.41) is 0. The number of carbonyl (C=O) groups excluding carboxylic acids is 1. The molecule has 0 aliphatic carbocycles. The maximum absolute atomic E-state index is 12.8. The molecule has 2 unspecified atom stereocenters. The van der Waals surface area contributed by atoms with Gasteiger partial charge in [0.15, 0.2) is 0 Å². The van der Waals surface area contributed by atoms with Crippen molar-refractivity contribution in [2.45, 2.75) is 38.7 Å². The molecule has 0 radical (unpaired) electrons. The Balaban J connectivity index is 2.69. The van der Waals surface area contributed by atoms with E-state index in [0.29, 0.717) is 0 Å². The second-order valence-electron chi connectivity index (χ2n) is 5.72. The molecule has 1 amide bonds. The van der Waals surface area contributed by atoms with E-state index < -0.39 is 36.4 Å². The predicted molar refractivity (Wildman–Crippen MR) is 66.1 cm³/mol. The molecule has 20 heavy (non-hydrogen) atoms. The zero-order valence-electron chi connectivity index (χ0n) is 11.9. The Morgan fingerprint density at radius 1 is 1.45 bits per heavy atom. The number of alkyl halides is 3. The van der Waals surface area contributed by atoms with Crippen molar-refractivity contribution in [3.63, 3.8) is 0 Å². The molecule has 1 saturated heterocycles. The summed E-state index contributed by atoms with van der Waals surface area (Å²) in [6.07, 6.45) is -6.24. The molecule has 8 heteroatoms. The summed E-state index contributed by atoms with van der Waals surface area (Å²) in [7, 11) is 0. The number of morpholine rings is 1. The SMILES string of the molecule is CC(C)(C)OC(=O)N1CCOC(C(CN)C(F)(F)F)C1. The Kier molecular flexibility index (Phi) is 5.26. The third-order valence-corrected chi connectivity index (χ3v) is 2.87. The van der Waals surface area contributed by atoms with Gasteiger partial charge in [-0.1, -0.05) is 0 Å². The average molecular weight is 298 g/mol. The maximum Gasteiger partial charge on any atom is 0.410 e. The van der Waals surface area contributed by atoms with Gasteiger partial charge in [-0.25, -0.2) is 4.79 Å². The third-order valence-electron chi connectivity index (χ3n) is 2.87. The van der Waals surface area contributed by atoms with E-state index in [2.05, 4.69) is 0 Å². The van der Waals surface area contributed by atoms with Crippen LogP contribution in [-0.2, 0) is 9.47 Å². The molecular weight excluding hydrogens is 277 g/mol. The molecule has 0 bridgehead atoms. The number of nitrogens with two attached hydrogens (primary N) is 1. The van der Waals surface area contributed by atoms with Crippen LogP contribution < -0.4 is 5.73 Å². The Bertz CT molecular complexity index is 342. The molecule has 2 atom stereocenters. The van der Waals surface area contributed by atoms with Gasteiger partial charge in [0.2, 0.25) is 0 Å². The van der Waals surface area contributed by atoms with Crippen LogP contribution in [0, 0.1) is 5.92 Å². The summed E-state index contributed by atoms with van der Waals surface area (Å²) in [5.74, 6) is -1.78. The first-order valence-corrected chi connectivity index (χ1v) is 6.41. The molecule has 0 aromatic heterocycles. The molecule has 118 valence electrons. The molecule has 0 aromatic rings. The standard InChI is InChI=1S/C12H21F3N2O3/c1-11(2,3)20-10(18)17-4-5-19-9(7-17)8(6-16)12(13,14)15/h8-9H,4-7,16H2,1-3H3. The Labute approximate surface area is 116 Å². The summed E-state index contributed by atoms with van der Waals surface area (Å²) in [6.45, 7) is 4.59. The first-order valence-electron chi connectivity index (χ1n) is 6.41. The van der Waals surface area contributed by atoms with E-state index in [1.807, 2.05) is 0 Å². The van der Waals surface area contributed by atoms with Crippen molar-refractivity contribution in [2.24, 2.45) is 11.7 Å². The van der Waals surface area contributed by atoms with E-state index >= 15 is 0 Å². The smallest absolute Gasteiger partial charge is 0.410 e. The van der Waals surface area contributed by atoms with Crippen LogP contribution in [0.15, 0.2) is 0 Å². The van der Waals surface area contributed by atoms with Gasteiger partial charge >= 0.3 is 12.3 Å². The summed E-state index contributed by atoms with van der Waals surface area (Å²) in [6, 6.07) is 0. The van der Waals surface area contributed by atoms with Crippen LogP contribution in [0.25, 0.3) is 0 Å². The van der Waals surface area contributed by atoms with Crippen LogP contribution >= 0.6 is 0 Å². The first-order chi connectivity index (χ1) is 9.04. The number of nitrogens with zero attached hydrogens (tertiary/aromatic N) is 1. The fourth-order valence-corrected chi connectivity index (χ4v) is 1.91. The summed E-state index contributed by atoms with van der Waals surface area (Å²) in [4.78, 5) is 13.1. The first kappa shape index (κ1) is 17.0. The molecule has 5 nitrogen and oxygen atoms in total. The minimum absolute atomic E-state index is 0.0382. The molecule has 0 saturated carbocycles. The van der Waals surface area contributed by atoms with Crippen molar-refractivity contribution in [2.75, 3.05) is 26.2 Å². The van der Waals surface area contributed by atoms with Gasteiger partial charge in [0.25, 0.3) is 0 Å². The molecule has 1 heterocycles. The third kappa shape index (κ3) is 4.82. The summed E-state index contributed by atoms with van der Waals surface area (Å²) in [5.41, 5.74) is 4.49. The van der Waals surface area contributed by atoms with Crippen molar-refractivity contribution in [3.05, 3.63) is 0 Å². The van der Waals surface area contributed by atoms with E-state index in [1.165, 1.54) is 4.90 Å². The average Bonchev–Trinajstić information content (AvgIpc) is 2.26. The van der Waals surface area contributed by atoms with Gasteiger partial charge in [-0.2, -0.15) is 13.2 Å². The highest BCUT2D eigenvalue weighted by molar-refractivity contribution is 5.68. The van der Waals surface area contributed by atoms with E-state index in [-0.39, 0.29) is 19.7 Å². The molecule has 1 aliphatic rings. The number of ether oxygens (including phenoxy) is 2. The molecule has 0 spiro atoms. The number of hydrogen-bond donors (Lipinski definition) is 1. The van der Waals surface area contributed by atoms with Crippen LogP contribution in [0.2, 0.25) is 0 Å². The van der Waals surface area contributed by atoms with Crippen molar-refractivity contribution in [1.82, 2.24) is 4.90 Å². The van der Waals surface area contributed by atoms with Crippen LogP contribution in [0.3, 0.4) is 0 Å². The summed E-state index contributed by atoms with van der Waals surface area (Å²) < 4.78 is 48.7. The van der Waals surface area contributed by atoms with Gasteiger partial charge in [-0.15, -0.1) is 0 Å². The lowest BCUT2D eigenvalue weighted by atomic mass is 10.0. The van der Waals surface area contributed by atoms with Gasteiger partial charge in [-0.05, 0) is 20.8 Å². The van der Waals surface area contributed by atoms with Crippen molar-refractivity contribution < 1.29 is 27.4 Å². The Morgan fingerprint density at radius 3 is 2.50 bits per heavy atom. The van der Waals surface area contributed by atoms with Gasteiger partial charge in [-0.3, -0.25) is 0 Å². The van der Waals surface area contributed by atoms with Crippen LogP contribution in [0.4, 0.5) is 18.0 Å². The minimum Gasteiger partial charge on any atom is -0.444 e. The fourth-order valence-electron chi connectivity index (χ4n) is 1.91. The van der Waals surface area contributed by atoms with E-state index in [9.17, 15) is 18.0 Å². The second kappa shape index (κ2) is 6.17. The molecule has 2 N–H and O–H groups in total. The zero-order chi connectivity index (χ0) is 15.6. The highest BCUT2D eigenvalue weighted by Crippen LogP contribution is 2.31. The van der Waals surface area contributed by atoms with Crippen LogP contribution in [0.1, 0.15) is 20.8 Å². The number of rotatable bonds is 2. The summed E-state index contributed by atoms with van der Waals surface area (Å²) >= 11 is 0. The van der Waals surface area contributed by atoms with Crippen LogP contribution in [-0.4, -0.2) is 55.1 Å². The molecular formula is C12H21F3N2O3. The van der Waals surface area contributed by atoms with E-state index in [1.54, 1.807) is 20.8 Å². The number of amides is 1. The lowest BCUT2D eigenvalue weighted by Crippen LogP contribution is -2.53. The van der Waals surface area contributed by atoms with Crippen LogP contribution in [0.5, 0.6) is 0 Å². The molecule has 1 rings (SSSR count). The topological polar surface area (TPSA) is 64.8 Å².